The Kier molecular flexibility index (Phi) is 0.979. The van der Waals surface area contributed by atoms with Crippen LogP contribution in [0.25, 0.3) is 0 Å². The second kappa shape index (κ2) is 1.06. The molecule has 3 heteroatoms. The minimum atomic E-state index is 0. The summed E-state index contributed by atoms with van der Waals surface area (Å²) in [6.07, 6.45) is 0. The van der Waals surface area contributed by atoms with Crippen molar-refractivity contribution in [1.82, 2.24) is 0 Å². The minimum absolute atomic E-state index is 0. The highest BCUT2D eigenvalue weighted by atomic mass is 32.1. The first kappa shape index (κ1) is 3.69. The number of hydrogen-bond donors (Lipinski definition) is 2. The van der Waals surface area contributed by atoms with E-state index in [1.54, 1.807) is 0 Å². The molecular formula is CH5N2S+. The number of thiocarbonyl (C=S) groups is 1. The van der Waals surface area contributed by atoms with Crippen LogP contribution in [0, 0.1) is 0 Å². The summed E-state index contributed by atoms with van der Waals surface area (Å²) in [6, 6.07) is 0. The highest BCUT2D eigenvalue weighted by Gasteiger charge is 1.53. The average molecular weight is 77.1 g/mol. The number of nitrogens with two attached hydrogens (primary N) is 2. The Morgan fingerprint density at radius 2 is 1.75 bits per heavy atom. The zero-order chi connectivity index (χ0) is 3.58. The van der Waals surface area contributed by atoms with Crippen LogP contribution in [0.15, 0.2) is 0 Å². The molecule has 0 aromatic carbocycles. The largest absolute Gasteiger partial charge is 1.00 e. The van der Waals surface area contributed by atoms with Gasteiger partial charge in [-0.1, -0.05) is 0 Å². The van der Waals surface area contributed by atoms with Gasteiger partial charge in [-0.2, -0.15) is 0 Å². The molecule has 0 aliphatic heterocycles. The van der Waals surface area contributed by atoms with Gasteiger partial charge in [-0.25, -0.2) is 0 Å². The Labute approximate surface area is 31.3 Å². The standard InChI is InChI=1S/CH4N2S/c2-1(3)4/h(H4,2,3,4)/p+1. The van der Waals surface area contributed by atoms with E-state index in [-0.39, 0.29) is 6.54 Å². The van der Waals surface area contributed by atoms with Crippen LogP contribution in [0.3, 0.4) is 0 Å². The molecule has 0 amide bonds. The third-order valence-electron chi connectivity index (χ3n) is 0. The van der Waals surface area contributed by atoms with Gasteiger partial charge in [-0.15, -0.1) is 0 Å². The molecule has 0 radical (unpaired) electrons. The highest BCUT2D eigenvalue weighted by molar-refractivity contribution is 7.80. The third-order valence-corrected chi connectivity index (χ3v) is 0. The maximum absolute atomic E-state index is 4.62. The van der Waals surface area contributed by atoms with Gasteiger partial charge in [0.05, 0.1) is 0 Å². The molecule has 24 valence electrons. The average Bonchev–Trinajstić information content (AvgIpc) is 0.811. The first-order valence-corrected chi connectivity index (χ1v) is 1.19. The van der Waals surface area contributed by atoms with Gasteiger partial charge in [0.25, 0.3) is 0 Å². The van der Waals surface area contributed by atoms with Gasteiger partial charge in [-0.05, 0) is 12.2 Å². The van der Waals surface area contributed by atoms with E-state index in [9.17, 15) is 0 Å². The predicted octanol–water partition coefficient (Wildman–Crippen LogP) is -0.699. The van der Waals surface area contributed by atoms with Gasteiger partial charge < -0.3 is 11.5 Å². The second-order valence-corrected chi connectivity index (χ2v) is 0.874. The van der Waals surface area contributed by atoms with Crippen molar-refractivity contribution in [3.8, 4) is 0 Å². The lowest BCUT2D eigenvalue weighted by Crippen LogP contribution is -2.18. The summed E-state index contributed by atoms with van der Waals surface area (Å²) < 4.78 is 0. The van der Waals surface area contributed by atoms with E-state index in [1.807, 2.05) is 0 Å². The molecular weight excluding hydrogens is 72.1 g/mol. The smallest absolute Gasteiger partial charge is 0.377 e. The first-order chi connectivity index (χ1) is 1.73. The van der Waals surface area contributed by atoms with E-state index in [1.165, 1.54) is 0 Å². The van der Waals surface area contributed by atoms with Crippen molar-refractivity contribution in [2.24, 2.45) is 11.5 Å². The number of rotatable bonds is 0. The van der Waals surface area contributed by atoms with Crippen molar-refractivity contribution in [2.45, 2.75) is 0 Å². The van der Waals surface area contributed by atoms with Crippen molar-refractivity contribution in [3.63, 3.8) is 0 Å². The Morgan fingerprint density at radius 1 is 1.75 bits per heavy atom. The molecule has 0 fully saturated rings. The summed E-state index contributed by atoms with van der Waals surface area (Å²) >= 11 is 4.09. The lowest BCUT2D eigenvalue weighted by molar-refractivity contribution is 1.65. The molecule has 0 saturated carbocycles. The van der Waals surface area contributed by atoms with Crippen molar-refractivity contribution in [2.75, 3.05) is 0 Å². The molecule has 0 unspecified atom stereocenters. The van der Waals surface area contributed by atoms with Gasteiger partial charge in [0.15, 0.2) is 5.11 Å². The molecule has 0 rings (SSSR count). The fraction of sp³-hybridized carbons (Fsp3) is 0. The highest BCUT2D eigenvalue weighted by Crippen LogP contribution is 1.32. The fourth-order valence-corrected chi connectivity index (χ4v) is 0. The third kappa shape index (κ3) is 8.37. The van der Waals surface area contributed by atoms with E-state index in [2.05, 4.69) is 23.7 Å². The first-order valence-electron chi connectivity index (χ1n) is 0.781. The summed E-state index contributed by atoms with van der Waals surface area (Å²) in [5, 5.41) is 0.000000000000000222. The summed E-state index contributed by atoms with van der Waals surface area (Å²) in [5.74, 6) is 0. The predicted molar refractivity (Wildman–Crippen MR) is 22.1 cm³/mol. The summed E-state index contributed by atoms with van der Waals surface area (Å²) in [5.41, 5.74) is 9.24. The zero-order valence-corrected chi connectivity index (χ0v) is 2.88. The summed E-state index contributed by atoms with van der Waals surface area (Å²) in [4.78, 5) is 0. The summed E-state index contributed by atoms with van der Waals surface area (Å²) in [6.45, 7) is 0. The molecule has 0 aliphatic carbocycles. The van der Waals surface area contributed by atoms with Gasteiger partial charge in [0.2, 0.25) is 0 Å². The van der Waals surface area contributed by atoms with Crippen molar-refractivity contribution >= 4 is 17.3 Å². The van der Waals surface area contributed by atoms with E-state index in [4.69, 9.17) is 0 Å². The van der Waals surface area contributed by atoms with E-state index < -0.39 is 0 Å². The Balaban J connectivity index is 0. The van der Waals surface area contributed by atoms with Crippen LogP contribution in [-0.4, -0.2) is 5.11 Å². The molecule has 0 heterocycles. The summed E-state index contributed by atoms with van der Waals surface area (Å²) in [7, 11) is 0. The zero-order valence-electron chi connectivity index (χ0n) is 3.06. The van der Waals surface area contributed by atoms with Crippen molar-refractivity contribution in [3.05, 3.63) is 0 Å². The van der Waals surface area contributed by atoms with Crippen LogP contribution in [-0.2, 0) is 0 Å². The lowest BCUT2D eigenvalue weighted by atomic mass is 11.3. The Bertz CT molecular complexity index is 32.6. The molecule has 4 N–H and O–H groups in total. The molecule has 0 aromatic rings. The molecule has 0 aromatic heterocycles. The fourth-order valence-electron chi connectivity index (χ4n) is 0. The normalized spacial score (nSPS) is 6.00. The lowest BCUT2D eigenvalue weighted by Gasteiger charge is -1.68. The minimum Gasteiger partial charge on any atom is -0.377 e. The number of hydrogen-bond acceptors (Lipinski definition) is 1. The van der Waals surface area contributed by atoms with Crippen LogP contribution >= 0.6 is 12.2 Å². The Hall–Kier alpha value is -0.310. The van der Waals surface area contributed by atoms with Crippen LogP contribution in [0.5, 0.6) is 0 Å². The maximum Gasteiger partial charge on any atom is 1.00 e. The quantitative estimate of drug-likeness (QED) is 0.376. The van der Waals surface area contributed by atoms with Gasteiger partial charge in [0, 0.05) is 0 Å². The van der Waals surface area contributed by atoms with E-state index in [0.717, 1.165) is 0 Å². The van der Waals surface area contributed by atoms with E-state index >= 15 is 0 Å². The van der Waals surface area contributed by atoms with Gasteiger partial charge in [0.1, 0.15) is 0 Å². The monoisotopic (exact) mass is 77.0 g/mol. The van der Waals surface area contributed by atoms with Crippen molar-refractivity contribution < 1.29 is 1.43 Å². The SMILES string of the molecule is NC(N)=S.[H+]. The van der Waals surface area contributed by atoms with E-state index in [0.29, 0.717) is 0 Å². The van der Waals surface area contributed by atoms with Crippen LogP contribution in [0.1, 0.15) is 1.43 Å². The maximum atomic E-state index is 4.62. The molecule has 0 bridgehead atoms. The molecule has 2 nitrogen and oxygen atoms in total. The molecule has 0 aliphatic rings. The molecule has 4 heavy (non-hydrogen) atoms. The second-order valence-electron chi connectivity index (χ2n) is 0.402. The van der Waals surface area contributed by atoms with Gasteiger partial charge in [-0.3, -0.25) is 0 Å². The van der Waals surface area contributed by atoms with Crippen LogP contribution < -0.4 is 11.5 Å². The van der Waals surface area contributed by atoms with Gasteiger partial charge >= 0.3 is 1.43 Å². The van der Waals surface area contributed by atoms with Crippen LogP contribution in [0.4, 0.5) is 0 Å². The topological polar surface area (TPSA) is 52.0 Å². The molecule has 0 atom stereocenters. The molecule has 0 spiro atoms. The van der Waals surface area contributed by atoms with Crippen LogP contribution in [0.2, 0.25) is 0 Å². The Morgan fingerprint density at radius 3 is 1.75 bits per heavy atom. The van der Waals surface area contributed by atoms with Crippen molar-refractivity contribution in [1.29, 1.82) is 0 Å². The molecule has 0 saturated heterocycles.